The molecule has 11 heavy (non-hydrogen) atoms. The first kappa shape index (κ1) is 8.29. The molecular formula is C9H14N2. The highest BCUT2D eigenvalue weighted by molar-refractivity contribution is 5.01. The van der Waals surface area contributed by atoms with Crippen LogP contribution < -0.4 is 5.32 Å². The van der Waals surface area contributed by atoms with Crippen LogP contribution in [-0.4, -0.2) is 12.1 Å². The Bertz CT molecular complexity index is 178. The first-order valence-electron chi connectivity index (χ1n) is 4.12. The monoisotopic (exact) mass is 150 g/mol. The first-order chi connectivity index (χ1) is 5.33. The molecule has 2 nitrogen and oxygen atoms in total. The van der Waals surface area contributed by atoms with Crippen molar-refractivity contribution in [2.45, 2.75) is 38.3 Å². The van der Waals surface area contributed by atoms with Gasteiger partial charge in [0.05, 0.1) is 12.5 Å². The van der Waals surface area contributed by atoms with Gasteiger partial charge in [0.2, 0.25) is 0 Å². The van der Waals surface area contributed by atoms with E-state index in [2.05, 4.69) is 30.5 Å². The van der Waals surface area contributed by atoms with Crippen molar-refractivity contribution < 1.29 is 0 Å². The van der Waals surface area contributed by atoms with Gasteiger partial charge in [-0.05, 0) is 19.8 Å². The Hall–Kier alpha value is -0.810. The van der Waals surface area contributed by atoms with Gasteiger partial charge in [0.25, 0.3) is 0 Å². The van der Waals surface area contributed by atoms with Gasteiger partial charge < -0.3 is 5.32 Å². The molecular weight excluding hydrogens is 136 g/mol. The van der Waals surface area contributed by atoms with Gasteiger partial charge >= 0.3 is 0 Å². The summed E-state index contributed by atoms with van der Waals surface area (Å²) in [4.78, 5) is 0. The Morgan fingerprint density at radius 1 is 1.82 bits per heavy atom. The molecule has 1 aliphatic rings. The minimum atomic E-state index is 0.327. The maximum atomic E-state index is 8.40. The van der Waals surface area contributed by atoms with Gasteiger partial charge in [-0.3, -0.25) is 0 Å². The van der Waals surface area contributed by atoms with Gasteiger partial charge in [0.15, 0.2) is 0 Å². The molecule has 2 unspecified atom stereocenters. The number of nitrogens with zero attached hydrogens (tertiary/aromatic N) is 1. The Morgan fingerprint density at radius 3 is 3.18 bits per heavy atom. The van der Waals surface area contributed by atoms with Crippen molar-refractivity contribution in [1.82, 2.24) is 5.32 Å². The number of hydrogen-bond acceptors (Lipinski definition) is 2. The van der Waals surface area contributed by atoms with E-state index in [0.29, 0.717) is 18.5 Å². The lowest BCUT2D eigenvalue weighted by atomic mass is 10.2. The van der Waals surface area contributed by atoms with Crippen LogP contribution in [0.4, 0.5) is 0 Å². The molecule has 2 atom stereocenters. The second kappa shape index (κ2) is 4.15. The highest BCUT2D eigenvalue weighted by Crippen LogP contribution is 2.09. The largest absolute Gasteiger partial charge is 0.307 e. The van der Waals surface area contributed by atoms with E-state index in [4.69, 9.17) is 5.26 Å². The summed E-state index contributed by atoms with van der Waals surface area (Å²) in [5.41, 5.74) is 0. The Balaban J connectivity index is 2.19. The fraction of sp³-hybridized carbons (Fsp3) is 0.667. The third-order valence-electron chi connectivity index (χ3n) is 1.91. The van der Waals surface area contributed by atoms with Crippen molar-refractivity contribution >= 4 is 0 Å². The molecule has 1 N–H and O–H groups in total. The zero-order chi connectivity index (χ0) is 8.10. The molecule has 0 saturated heterocycles. The zero-order valence-electron chi connectivity index (χ0n) is 6.88. The molecule has 2 heteroatoms. The lowest BCUT2D eigenvalue weighted by Gasteiger charge is -2.14. The quantitative estimate of drug-likeness (QED) is 0.620. The number of nitriles is 1. The molecule has 1 rings (SSSR count). The summed E-state index contributed by atoms with van der Waals surface area (Å²) in [5.74, 6) is 0. The molecule has 0 aromatic rings. The number of nitrogens with one attached hydrogen (secondary N) is 1. The summed E-state index contributed by atoms with van der Waals surface area (Å²) >= 11 is 0. The van der Waals surface area contributed by atoms with Crippen LogP contribution in [0.2, 0.25) is 0 Å². The summed E-state index contributed by atoms with van der Waals surface area (Å²) in [6.07, 6.45) is 7.35. The van der Waals surface area contributed by atoms with E-state index in [1.807, 2.05) is 0 Å². The van der Waals surface area contributed by atoms with Gasteiger partial charge in [-0.15, -0.1) is 0 Å². The SMILES string of the molecule is CC(CC#N)NC1C=CCC1. The van der Waals surface area contributed by atoms with Crippen molar-refractivity contribution in [3.63, 3.8) is 0 Å². The lowest BCUT2D eigenvalue weighted by Crippen LogP contribution is -2.33. The van der Waals surface area contributed by atoms with E-state index in [1.165, 1.54) is 12.8 Å². The minimum Gasteiger partial charge on any atom is -0.307 e. The molecule has 0 saturated carbocycles. The van der Waals surface area contributed by atoms with Crippen molar-refractivity contribution in [3.05, 3.63) is 12.2 Å². The van der Waals surface area contributed by atoms with E-state index >= 15 is 0 Å². The first-order valence-corrected chi connectivity index (χ1v) is 4.12. The topological polar surface area (TPSA) is 35.8 Å². The van der Waals surface area contributed by atoms with Gasteiger partial charge in [-0.1, -0.05) is 12.2 Å². The molecule has 0 amide bonds. The third kappa shape index (κ3) is 2.73. The van der Waals surface area contributed by atoms with Crippen molar-refractivity contribution in [3.8, 4) is 6.07 Å². The number of allylic oxidation sites excluding steroid dienone is 1. The van der Waals surface area contributed by atoms with Crippen LogP contribution in [0.25, 0.3) is 0 Å². The maximum absolute atomic E-state index is 8.40. The van der Waals surface area contributed by atoms with Crippen LogP contribution in [0.3, 0.4) is 0 Å². The average Bonchev–Trinajstić information content (AvgIpc) is 2.40. The van der Waals surface area contributed by atoms with Crippen molar-refractivity contribution in [2.24, 2.45) is 0 Å². The van der Waals surface area contributed by atoms with Crippen molar-refractivity contribution in [2.75, 3.05) is 0 Å². The molecule has 0 heterocycles. The zero-order valence-corrected chi connectivity index (χ0v) is 6.88. The van der Waals surface area contributed by atoms with E-state index < -0.39 is 0 Å². The minimum absolute atomic E-state index is 0.327. The fourth-order valence-corrected chi connectivity index (χ4v) is 1.33. The smallest absolute Gasteiger partial charge is 0.0638 e. The predicted octanol–water partition coefficient (Wildman–Crippen LogP) is 1.60. The summed E-state index contributed by atoms with van der Waals surface area (Å²) in [6.45, 7) is 2.05. The molecule has 0 aromatic carbocycles. The van der Waals surface area contributed by atoms with Crippen LogP contribution in [0.1, 0.15) is 26.2 Å². The molecule has 0 aliphatic heterocycles. The van der Waals surface area contributed by atoms with Crippen LogP contribution >= 0.6 is 0 Å². The van der Waals surface area contributed by atoms with Gasteiger partial charge in [0.1, 0.15) is 0 Å². The Kier molecular flexibility index (Phi) is 3.13. The number of hydrogen-bond donors (Lipinski definition) is 1. The molecule has 1 aliphatic carbocycles. The summed E-state index contributed by atoms with van der Waals surface area (Å²) in [7, 11) is 0. The molecule has 60 valence electrons. The van der Waals surface area contributed by atoms with Gasteiger partial charge in [-0.2, -0.15) is 5.26 Å². The van der Waals surface area contributed by atoms with E-state index in [0.717, 1.165) is 0 Å². The molecule has 0 radical (unpaired) electrons. The highest BCUT2D eigenvalue weighted by Gasteiger charge is 2.10. The third-order valence-corrected chi connectivity index (χ3v) is 1.91. The van der Waals surface area contributed by atoms with Crippen LogP contribution in [0.5, 0.6) is 0 Å². The van der Waals surface area contributed by atoms with E-state index in [1.54, 1.807) is 0 Å². The molecule has 0 fully saturated rings. The van der Waals surface area contributed by atoms with Gasteiger partial charge in [0, 0.05) is 12.1 Å². The Morgan fingerprint density at radius 2 is 2.64 bits per heavy atom. The highest BCUT2D eigenvalue weighted by atomic mass is 14.9. The van der Waals surface area contributed by atoms with Crippen LogP contribution in [-0.2, 0) is 0 Å². The summed E-state index contributed by atoms with van der Waals surface area (Å²) < 4.78 is 0. The normalized spacial score (nSPS) is 24.9. The molecule has 0 bridgehead atoms. The summed E-state index contributed by atoms with van der Waals surface area (Å²) in [5, 5.41) is 11.8. The second-order valence-electron chi connectivity index (χ2n) is 3.04. The maximum Gasteiger partial charge on any atom is 0.0638 e. The fourth-order valence-electron chi connectivity index (χ4n) is 1.33. The summed E-state index contributed by atoms with van der Waals surface area (Å²) in [6, 6.07) is 2.99. The molecule has 0 spiro atoms. The number of rotatable bonds is 3. The van der Waals surface area contributed by atoms with Crippen LogP contribution in [0, 0.1) is 11.3 Å². The standard InChI is InChI=1S/C9H14N2/c1-8(6-7-10)11-9-4-2-3-5-9/h2,4,8-9,11H,3,5-6H2,1H3. The predicted molar refractivity (Wildman–Crippen MR) is 45.0 cm³/mol. The second-order valence-corrected chi connectivity index (χ2v) is 3.04. The Labute approximate surface area is 67.9 Å². The molecule has 0 aromatic heterocycles. The van der Waals surface area contributed by atoms with E-state index in [9.17, 15) is 0 Å². The van der Waals surface area contributed by atoms with Gasteiger partial charge in [-0.25, -0.2) is 0 Å². The average molecular weight is 150 g/mol. The lowest BCUT2D eigenvalue weighted by molar-refractivity contribution is 0.495. The van der Waals surface area contributed by atoms with Crippen LogP contribution in [0.15, 0.2) is 12.2 Å². The van der Waals surface area contributed by atoms with Crippen molar-refractivity contribution in [1.29, 1.82) is 5.26 Å². The van der Waals surface area contributed by atoms with E-state index in [-0.39, 0.29) is 0 Å².